The van der Waals surface area contributed by atoms with Crippen molar-refractivity contribution in [2.24, 2.45) is 7.05 Å². The van der Waals surface area contributed by atoms with E-state index in [1.807, 2.05) is 7.05 Å². The van der Waals surface area contributed by atoms with Crippen molar-refractivity contribution in [2.75, 3.05) is 11.9 Å². The van der Waals surface area contributed by atoms with Crippen LogP contribution in [0.5, 0.6) is 0 Å². The average molecular weight is 194 g/mol. The van der Waals surface area contributed by atoms with Gasteiger partial charge < -0.3 is 10.6 Å². The first-order valence-electron chi connectivity index (χ1n) is 4.71. The highest BCUT2D eigenvalue weighted by Gasteiger charge is 2.19. The van der Waals surface area contributed by atoms with Crippen LogP contribution in [0.25, 0.3) is 0 Å². The van der Waals surface area contributed by atoms with Gasteiger partial charge >= 0.3 is 0 Å². The van der Waals surface area contributed by atoms with Crippen LogP contribution < -0.4 is 10.6 Å². The van der Waals surface area contributed by atoms with E-state index < -0.39 is 0 Å². The molecule has 2 heterocycles. The van der Waals surface area contributed by atoms with Gasteiger partial charge in [0, 0.05) is 39.0 Å². The molecule has 1 amide bonds. The Morgan fingerprint density at radius 1 is 1.64 bits per heavy atom. The Kier molecular flexibility index (Phi) is 2.25. The summed E-state index contributed by atoms with van der Waals surface area (Å²) in [5.41, 5.74) is 2.21. The minimum Gasteiger partial charge on any atom is -0.312 e. The number of rotatable bonds is 1. The van der Waals surface area contributed by atoms with Crippen LogP contribution in [0, 0.1) is 0 Å². The molecule has 0 aromatic carbocycles. The Morgan fingerprint density at radius 2 is 2.43 bits per heavy atom. The van der Waals surface area contributed by atoms with Crippen molar-refractivity contribution in [2.45, 2.75) is 19.9 Å². The van der Waals surface area contributed by atoms with Crippen LogP contribution in [-0.2, 0) is 24.8 Å². The summed E-state index contributed by atoms with van der Waals surface area (Å²) in [6.45, 7) is 3.26. The summed E-state index contributed by atoms with van der Waals surface area (Å²) in [6.07, 6.45) is 0.933. The van der Waals surface area contributed by atoms with Gasteiger partial charge in [0.1, 0.15) is 5.82 Å². The molecule has 0 atom stereocenters. The highest BCUT2D eigenvalue weighted by atomic mass is 16.1. The number of fused-ring (bicyclic) bond motifs is 1. The second-order valence-electron chi connectivity index (χ2n) is 3.51. The van der Waals surface area contributed by atoms with E-state index in [2.05, 4.69) is 15.7 Å². The Hall–Kier alpha value is -1.36. The number of aromatic nitrogens is 2. The van der Waals surface area contributed by atoms with Crippen molar-refractivity contribution in [3.63, 3.8) is 0 Å². The molecule has 14 heavy (non-hydrogen) atoms. The van der Waals surface area contributed by atoms with Crippen LogP contribution >= 0.6 is 0 Å². The number of carbonyl (C=O) groups is 1. The van der Waals surface area contributed by atoms with Crippen molar-refractivity contribution in [1.29, 1.82) is 0 Å². The summed E-state index contributed by atoms with van der Waals surface area (Å²) < 4.78 is 1.74. The Bertz CT molecular complexity index is 369. The maximum atomic E-state index is 11.0. The molecule has 0 aliphatic carbocycles. The summed E-state index contributed by atoms with van der Waals surface area (Å²) in [7, 11) is 1.85. The topological polar surface area (TPSA) is 59.0 Å². The van der Waals surface area contributed by atoms with Crippen molar-refractivity contribution < 1.29 is 4.79 Å². The molecule has 2 N–H and O–H groups in total. The number of hydrogen-bond donors (Lipinski definition) is 2. The van der Waals surface area contributed by atoms with Gasteiger partial charge in [0.15, 0.2) is 0 Å². The highest BCUT2D eigenvalue weighted by molar-refractivity contribution is 5.88. The number of hydrogen-bond acceptors (Lipinski definition) is 3. The third-order valence-electron chi connectivity index (χ3n) is 2.36. The largest absolute Gasteiger partial charge is 0.312 e. The standard InChI is InChI=1S/C9H14N4O/c1-6(14)11-9-7-5-10-4-3-8(7)12-13(9)2/h10H,3-5H2,1-2H3,(H,11,14). The fraction of sp³-hybridized carbons (Fsp3) is 0.556. The third kappa shape index (κ3) is 1.50. The number of anilines is 1. The number of carbonyl (C=O) groups excluding carboxylic acids is 1. The van der Waals surface area contributed by atoms with Gasteiger partial charge in [0.05, 0.1) is 5.69 Å². The minimum atomic E-state index is -0.0543. The molecule has 0 spiro atoms. The van der Waals surface area contributed by atoms with Crippen molar-refractivity contribution >= 4 is 11.7 Å². The van der Waals surface area contributed by atoms with Crippen LogP contribution in [-0.4, -0.2) is 22.2 Å². The lowest BCUT2D eigenvalue weighted by atomic mass is 10.1. The van der Waals surface area contributed by atoms with Gasteiger partial charge in [0.25, 0.3) is 0 Å². The molecular weight excluding hydrogens is 180 g/mol. The number of nitrogens with zero attached hydrogens (tertiary/aromatic N) is 2. The van der Waals surface area contributed by atoms with Gasteiger partial charge in [-0.2, -0.15) is 5.10 Å². The second kappa shape index (κ2) is 3.42. The van der Waals surface area contributed by atoms with Gasteiger partial charge in [-0.05, 0) is 0 Å². The van der Waals surface area contributed by atoms with E-state index in [1.165, 1.54) is 6.92 Å². The van der Waals surface area contributed by atoms with Gasteiger partial charge in [-0.25, -0.2) is 0 Å². The van der Waals surface area contributed by atoms with Gasteiger partial charge in [-0.1, -0.05) is 0 Å². The Balaban J connectivity index is 2.37. The Labute approximate surface area is 82.5 Å². The molecule has 1 aliphatic rings. The summed E-state index contributed by atoms with van der Waals surface area (Å²) in [4.78, 5) is 11.0. The van der Waals surface area contributed by atoms with Gasteiger partial charge in [-0.3, -0.25) is 9.48 Å². The van der Waals surface area contributed by atoms with Crippen LogP contribution in [0.1, 0.15) is 18.2 Å². The predicted octanol–water partition coefficient (Wildman–Crippen LogP) is 0.0242. The first-order chi connectivity index (χ1) is 6.68. The van der Waals surface area contributed by atoms with E-state index in [9.17, 15) is 4.79 Å². The van der Waals surface area contributed by atoms with E-state index in [4.69, 9.17) is 0 Å². The lowest BCUT2D eigenvalue weighted by Gasteiger charge is -2.12. The quantitative estimate of drug-likeness (QED) is 0.663. The van der Waals surface area contributed by atoms with Crippen LogP contribution in [0.4, 0.5) is 5.82 Å². The smallest absolute Gasteiger partial charge is 0.222 e. The fourth-order valence-electron chi connectivity index (χ4n) is 1.75. The molecular formula is C9H14N4O. The number of aryl methyl sites for hydroxylation is 1. The lowest BCUT2D eigenvalue weighted by molar-refractivity contribution is -0.114. The SMILES string of the molecule is CC(=O)Nc1c2c(nn1C)CCNC2. The summed E-state index contributed by atoms with van der Waals surface area (Å²) in [5.74, 6) is 0.765. The number of amides is 1. The lowest BCUT2D eigenvalue weighted by Crippen LogP contribution is -2.24. The summed E-state index contributed by atoms with van der Waals surface area (Å²) in [6, 6.07) is 0. The van der Waals surface area contributed by atoms with E-state index in [0.29, 0.717) is 0 Å². The monoisotopic (exact) mass is 194 g/mol. The molecule has 0 radical (unpaired) electrons. The molecule has 1 aliphatic heterocycles. The zero-order valence-electron chi connectivity index (χ0n) is 8.42. The van der Waals surface area contributed by atoms with E-state index in [1.54, 1.807) is 4.68 Å². The molecule has 0 saturated carbocycles. The van der Waals surface area contributed by atoms with Crippen molar-refractivity contribution in [1.82, 2.24) is 15.1 Å². The number of nitrogens with one attached hydrogen (secondary N) is 2. The molecule has 76 valence electrons. The van der Waals surface area contributed by atoms with Crippen molar-refractivity contribution in [3.8, 4) is 0 Å². The zero-order chi connectivity index (χ0) is 10.1. The average Bonchev–Trinajstić information content (AvgIpc) is 2.43. The van der Waals surface area contributed by atoms with E-state index in [0.717, 1.165) is 36.6 Å². The summed E-state index contributed by atoms with van der Waals surface area (Å²) in [5, 5.41) is 10.4. The van der Waals surface area contributed by atoms with E-state index in [-0.39, 0.29) is 5.91 Å². The van der Waals surface area contributed by atoms with Crippen LogP contribution in [0.3, 0.4) is 0 Å². The Morgan fingerprint density at radius 3 is 3.14 bits per heavy atom. The van der Waals surface area contributed by atoms with Gasteiger partial charge in [0.2, 0.25) is 5.91 Å². The minimum absolute atomic E-state index is 0.0543. The van der Waals surface area contributed by atoms with Crippen LogP contribution in [0.2, 0.25) is 0 Å². The maximum absolute atomic E-state index is 11.0. The van der Waals surface area contributed by atoms with Gasteiger partial charge in [-0.15, -0.1) is 0 Å². The van der Waals surface area contributed by atoms with Crippen LogP contribution in [0.15, 0.2) is 0 Å². The molecule has 5 nitrogen and oxygen atoms in total. The molecule has 0 saturated heterocycles. The first-order valence-corrected chi connectivity index (χ1v) is 4.71. The maximum Gasteiger partial charge on any atom is 0.222 e. The third-order valence-corrected chi connectivity index (χ3v) is 2.36. The molecule has 0 unspecified atom stereocenters. The second-order valence-corrected chi connectivity index (χ2v) is 3.51. The predicted molar refractivity (Wildman–Crippen MR) is 52.9 cm³/mol. The normalized spacial score (nSPS) is 15.0. The molecule has 0 bridgehead atoms. The zero-order valence-corrected chi connectivity index (χ0v) is 8.42. The van der Waals surface area contributed by atoms with E-state index >= 15 is 0 Å². The first kappa shape index (κ1) is 9.21. The molecule has 2 rings (SSSR count). The highest BCUT2D eigenvalue weighted by Crippen LogP contribution is 2.21. The molecule has 5 heteroatoms. The van der Waals surface area contributed by atoms with Crippen molar-refractivity contribution in [3.05, 3.63) is 11.3 Å². The fourth-order valence-corrected chi connectivity index (χ4v) is 1.75. The molecule has 1 aromatic rings. The molecule has 1 aromatic heterocycles. The molecule has 0 fully saturated rings. The summed E-state index contributed by atoms with van der Waals surface area (Å²) >= 11 is 0.